The molecular formula is C17H10Cl3NO3. The van der Waals surface area contributed by atoms with Gasteiger partial charge in [-0.3, -0.25) is 0 Å². The van der Waals surface area contributed by atoms with Crippen LogP contribution in [0.1, 0.15) is 11.1 Å². The molecule has 24 heavy (non-hydrogen) atoms. The summed E-state index contributed by atoms with van der Waals surface area (Å²) in [7, 11) is 1.54. The van der Waals surface area contributed by atoms with E-state index in [-0.39, 0.29) is 11.6 Å². The average Bonchev–Trinajstić information content (AvgIpc) is 2.92. The van der Waals surface area contributed by atoms with Crippen molar-refractivity contribution in [3.63, 3.8) is 0 Å². The first-order chi connectivity index (χ1) is 11.5. The van der Waals surface area contributed by atoms with Crippen molar-refractivity contribution in [2.24, 2.45) is 4.99 Å². The number of nitrogens with zero attached hydrogens (tertiary/aromatic N) is 1. The molecule has 1 aliphatic rings. The van der Waals surface area contributed by atoms with E-state index in [1.807, 2.05) is 0 Å². The smallest absolute Gasteiger partial charge is 0.363 e. The van der Waals surface area contributed by atoms with Gasteiger partial charge in [0.15, 0.2) is 5.70 Å². The Balaban J connectivity index is 1.99. The highest BCUT2D eigenvalue weighted by Gasteiger charge is 2.26. The lowest BCUT2D eigenvalue weighted by molar-refractivity contribution is -0.129. The van der Waals surface area contributed by atoms with Crippen LogP contribution in [0.25, 0.3) is 6.08 Å². The van der Waals surface area contributed by atoms with Crippen LogP contribution >= 0.6 is 34.8 Å². The number of carbonyl (C=O) groups is 1. The predicted molar refractivity (Wildman–Crippen MR) is 95.1 cm³/mol. The summed E-state index contributed by atoms with van der Waals surface area (Å²) in [5, 5.41) is 1.09. The Bertz CT molecular complexity index is 891. The number of hydrogen-bond donors (Lipinski definition) is 0. The number of cyclic esters (lactones) is 1. The zero-order valence-corrected chi connectivity index (χ0v) is 14.6. The number of methoxy groups -OCH3 is 1. The summed E-state index contributed by atoms with van der Waals surface area (Å²) in [6.45, 7) is 0. The molecule has 0 atom stereocenters. The van der Waals surface area contributed by atoms with Crippen molar-refractivity contribution in [1.82, 2.24) is 0 Å². The SMILES string of the molecule is COc1ccc(C2=NC(=Cc3cccc(Cl)c3Cl)C(=O)O2)c(Cl)c1. The van der Waals surface area contributed by atoms with Crippen LogP contribution in [0.15, 0.2) is 47.1 Å². The fourth-order valence-corrected chi connectivity index (χ4v) is 2.71. The van der Waals surface area contributed by atoms with Gasteiger partial charge in [0.1, 0.15) is 5.75 Å². The minimum Gasteiger partial charge on any atom is -0.497 e. The first-order valence-electron chi connectivity index (χ1n) is 6.80. The second-order valence-corrected chi connectivity index (χ2v) is 6.02. The van der Waals surface area contributed by atoms with Gasteiger partial charge in [0.2, 0.25) is 5.90 Å². The summed E-state index contributed by atoms with van der Waals surface area (Å²) in [5.74, 6) is 0.125. The Kier molecular flexibility index (Phi) is 4.81. The third kappa shape index (κ3) is 3.26. The molecule has 2 aromatic rings. The molecular weight excluding hydrogens is 373 g/mol. The van der Waals surface area contributed by atoms with Gasteiger partial charge in [0, 0.05) is 0 Å². The van der Waals surface area contributed by atoms with Gasteiger partial charge in [-0.2, -0.15) is 0 Å². The zero-order valence-electron chi connectivity index (χ0n) is 12.3. The van der Waals surface area contributed by atoms with E-state index in [0.29, 0.717) is 31.9 Å². The van der Waals surface area contributed by atoms with Crippen LogP contribution in [-0.4, -0.2) is 19.0 Å². The lowest BCUT2D eigenvalue weighted by Crippen LogP contribution is -2.06. The molecule has 1 aliphatic heterocycles. The Morgan fingerprint density at radius 1 is 1.12 bits per heavy atom. The van der Waals surface area contributed by atoms with Crippen LogP contribution in [0.2, 0.25) is 15.1 Å². The number of rotatable bonds is 3. The fourth-order valence-electron chi connectivity index (χ4n) is 2.10. The molecule has 4 nitrogen and oxygen atoms in total. The fraction of sp³-hybridized carbons (Fsp3) is 0.0588. The third-order valence-electron chi connectivity index (χ3n) is 3.30. The number of esters is 1. The highest BCUT2D eigenvalue weighted by molar-refractivity contribution is 6.43. The normalized spacial score (nSPS) is 15.4. The van der Waals surface area contributed by atoms with Gasteiger partial charge in [-0.05, 0) is 35.9 Å². The summed E-state index contributed by atoms with van der Waals surface area (Å²) in [5.41, 5.74) is 1.18. The van der Waals surface area contributed by atoms with Crippen LogP contribution in [0, 0.1) is 0 Å². The van der Waals surface area contributed by atoms with Gasteiger partial charge in [0.25, 0.3) is 0 Å². The topological polar surface area (TPSA) is 47.9 Å². The number of aliphatic imine (C=N–C) groups is 1. The lowest BCUT2D eigenvalue weighted by atomic mass is 10.2. The largest absolute Gasteiger partial charge is 0.497 e. The van der Waals surface area contributed by atoms with Crippen LogP contribution in [0.3, 0.4) is 0 Å². The quantitative estimate of drug-likeness (QED) is 0.554. The number of halogens is 3. The van der Waals surface area contributed by atoms with E-state index in [0.717, 1.165) is 0 Å². The monoisotopic (exact) mass is 381 g/mol. The van der Waals surface area contributed by atoms with Gasteiger partial charge >= 0.3 is 5.97 Å². The standard InChI is InChI=1S/C17H10Cl3NO3/c1-23-10-5-6-11(13(19)8-10)16-21-14(17(22)24-16)7-9-3-2-4-12(18)15(9)20/h2-8H,1H3. The summed E-state index contributed by atoms with van der Waals surface area (Å²) in [6, 6.07) is 10.1. The maximum absolute atomic E-state index is 12.0. The second kappa shape index (κ2) is 6.85. The van der Waals surface area contributed by atoms with Crippen molar-refractivity contribution < 1.29 is 14.3 Å². The number of carbonyl (C=O) groups excluding carboxylic acids is 1. The van der Waals surface area contributed by atoms with E-state index in [1.54, 1.807) is 36.4 Å². The van der Waals surface area contributed by atoms with Crippen LogP contribution < -0.4 is 4.74 Å². The van der Waals surface area contributed by atoms with E-state index < -0.39 is 5.97 Å². The molecule has 0 spiro atoms. The molecule has 0 aromatic heterocycles. The number of ether oxygens (including phenoxy) is 2. The maximum Gasteiger partial charge on any atom is 0.363 e. The van der Waals surface area contributed by atoms with E-state index in [2.05, 4.69) is 4.99 Å². The average molecular weight is 383 g/mol. The highest BCUT2D eigenvalue weighted by Crippen LogP contribution is 2.30. The predicted octanol–water partition coefficient (Wildman–Crippen LogP) is 5.00. The zero-order chi connectivity index (χ0) is 17.3. The molecule has 0 saturated carbocycles. The molecule has 7 heteroatoms. The van der Waals surface area contributed by atoms with Crippen LogP contribution in [-0.2, 0) is 9.53 Å². The molecule has 3 rings (SSSR count). The number of hydrogen-bond acceptors (Lipinski definition) is 4. The molecule has 0 bridgehead atoms. The molecule has 0 fully saturated rings. The Morgan fingerprint density at radius 3 is 2.62 bits per heavy atom. The van der Waals surface area contributed by atoms with Crippen LogP contribution in [0.4, 0.5) is 0 Å². The van der Waals surface area contributed by atoms with Gasteiger partial charge in [0.05, 0.1) is 27.7 Å². The molecule has 0 saturated heterocycles. The first kappa shape index (κ1) is 16.8. The Labute approximate surface area is 153 Å². The van der Waals surface area contributed by atoms with Crippen molar-refractivity contribution in [1.29, 1.82) is 0 Å². The molecule has 122 valence electrons. The van der Waals surface area contributed by atoms with Crippen molar-refractivity contribution in [2.45, 2.75) is 0 Å². The minimum atomic E-state index is -0.590. The van der Waals surface area contributed by atoms with Crippen molar-refractivity contribution in [2.75, 3.05) is 7.11 Å². The lowest BCUT2D eigenvalue weighted by Gasteiger charge is -2.05. The molecule has 0 N–H and O–H groups in total. The van der Waals surface area contributed by atoms with Crippen molar-refractivity contribution >= 4 is 52.7 Å². The Morgan fingerprint density at radius 2 is 1.92 bits per heavy atom. The van der Waals surface area contributed by atoms with Gasteiger partial charge in [-0.25, -0.2) is 9.79 Å². The highest BCUT2D eigenvalue weighted by atomic mass is 35.5. The first-order valence-corrected chi connectivity index (χ1v) is 7.93. The van der Waals surface area contributed by atoms with Crippen molar-refractivity contribution in [3.8, 4) is 5.75 Å². The van der Waals surface area contributed by atoms with E-state index in [1.165, 1.54) is 13.2 Å². The van der Waals surface area contributed by atoms with Crippen LogP contribution in [0.5, 0.6) is 5.75 Å². The summed E-state index contributed by atoms with van der Waals surface area (Å²) >= 11 is 18.3. The Hall–Kier alpha value is -2.01. The molecule has 0 amide bonds. The van der Waals surface area contributed by atoms with Gasteiger partial charge < -0.3 is 9.47 Å². The molecule has 0 aliphatic carbocycles. The second-order valence-electron chi connectivity index (χ2n) is 4.82. The molecule has 0 unspecified atom stereocenters. The summed E-state index contributed by atoms with van der Waals surface area (Å²) in [4.78, 5) is 16.2. The third-order valence-corrected chi connectivity index (χ3v) is 4.45. The summed E-state index contributed by atoms with van der Waals surface area (Å²) in [6.07, 6.45) is 1.51. The summed E-state index contributed by atoms with van der Waals surface area (Å²) < 4.78 is 10.3. The van der Waals surface area contributed by atoms with E-state index >= 15 is 0 Å². The maximum atomic E-state index is 12.0. The molecule has 1 heterocycles. The number of benzene rings is 2. The minimum absolute atomic E-state index is 0.112. The van der Waals surface area contributed by atoms with E-state index in [9.17, 15) is 4.79 Å². The molecule has 2 aromatic carbocycles. The van der Waals surface area contributed by atoms with E-state index in [4.69, 9.17) is 44.3 Å². The van der Waals surface area contributed by atoms with Crippen molar-refractivity contribution in [3.05, 3.63) is 68.3 Å². The molecule has 0 radical (unpaired) electrons. The van der Waals surface area contributed by atoms with Gasteiger partial charge in [-0.1, -0.05) is 46.9 Å². The van der Waals surface area contributed by atoms with Gasteiger partial charge in [-0.15, -0.1) is 0 Å².